The number of anilines is 5. The average Bonchev–Trinajstić information content (AvgIpc) is 0.806. The van der Waals surface area contributed by atoms with Gasteiger partial charge in [0, 0.05) is 53.7 Å². The van der Waals surface area contributed by atoms with Crippen LogP contribution in [0.3, 0.4) is 0 Å². The lowest BCUT2D eigenvalue weighted by Crippen LogP contribution is -2.11. The minimum absolute atomic E-state index is 0.00844. The Bertz CT molecular complexity index is 2570. The highest BCUT2D eigenvalue weighted by Crippen LogP contribution is 2.37. The predicted molar refractivity (Wildman–Crippen MR) is 458 cm³/mol. The molecule has 0 aliphatic heterocycles. The van der Waals surface area contributed by atoms with Crippen molar-refractivity contribution in [2.75, 3.05) is 42.0 Å². The molecule has 0 amide bonds. The number of hydrogen-bond donors (Lipinski definition) is 3. The van der Waals surface area contributed by atoms with Gasteiger partial charge in [-0.05, 0) is 103 Å². The molecule has 105 heavy (non-hydrogen) atoms. The van der Waals surface area contributed by atoms with E-state index in [0.29, 0.717) is 26.3 Å². The van der Waals surface area contributed by atoms with Gasteiger partial charge >= 0.3 is 0 Å². The Kier molecular flexibility index (Phi) is 55.6. The van der Waals surface area contributed by atoms with Gasteiger partial charge in [0.25, 0.3) is 0 Å². The van der Waals surface area contributed by atoms with Crippen molar-refractivity contribution >= 4 is 28.4 Å². The second-order valence-corrected chi connectivity index (χ2v) is 31.3. The van der Waals surface area contributed by atoms with Crippen LogP contribution in [0.25, 0.3) is 0 Å². The standard InChI is InChI=1S/C97H159N3O5/c1-5-9-13-17-21-25-29-33-37-41-45-49-53-57-77-102-94-75-67-89(81-96(94)104-79-59-55-51-47-43-39-35-31-27-23-19-15-11-7-3)98-83-86-61-69-91(70-62-86)100(93-73-65-88(85-101)66-74-93)92-71-63-87(64-72-92)84-99-90-68-76-95(103-78-58-54-50-46-42-38-34-30-26-22-18-14-10-6-2)97(82-90)105-80-60-56-52-48-44-40-36-32-28-24-20-16-12-8-4/h61-76,81-82,98-99,101H,5-60,77-80,83-85H2,1-4H3. The lowest BCUT2D eigenvalue weighted by Gasteiger charge is -2.26. The molecule has 0 unspecified atom stereocenters. The number of rotatable bonds is 74. The maximum Gasteiger partial charge on any atom is 0.163 e. The van der Waals surface area contributed by atoms with Gasteiger partial charge in [0.05, 0.1) is 33.0 Å². The lowest BCUT2D eigenvalue weighted by atomic mass is 10.0. The summed E-state index contributed by atoms with van der Waals surface area (Å²) in [6.45, 7) is 13.4. The van der Waals surface area contributed by atoms with E-state index in [2.05, 4.69) is 140 Å². The number of hydrogen-bond acceptors (Lipinski definition) is 8. The van der Waals surface area contributed by atoms with Crippen molar-refractivity contribution in [2.24, 2.45) is 0 Å². The Labute approximate surface area is 646 Å². The third-order valence-electron chi connectivity index (χ3n) is 21.7. The molecule has 0 atom stereocenters. The monoisotopic (exact) mass is 1450 g/mol. The van der Waals surface area contributed by atoms with Crippen molar-refractivity contribution in [1.29, 1.82) is 0 Å². The summed E-state index contributed by atoms with van der Waals surface area (Å²) in [5.41, 5.74) is 8.48. The highest BCUT2D eigenvalue weighted by atomic mass is 16.5. The van der Waals surface area contributed by atoms with Crippen molar-refractivity contribution in [3.05, 3.63) is 126 Å². The fourth-order valence-electron chi connectivity index (χ4n) is 14.7. The Hall–Kier alpha value is -5.34. The highest BCUT2D eigenvalue weighted by molar-refractivity contribution is 5.77. The summed E-state index contributed by atoms with van der Waals surface area (Å²) >= 11 is 0. The quantitative estimate of drug-likeness (QED) is 0.0332. The number of aliphatic hydroxyl groups excluding tert-OH is 1. The van der Waals surface area contributed by atoms with Crippen LogP contribution in [-0.2, 0) is 19.7 Å². The molecule has 0 radical (unpaired) electrons. The van der Waals surface area contributed by atoms with Gasteiger partial charge in [-0.1, -0.05) is 398 Å². The smallest absolute Gasteiger partial charge is 0.163 e. The van der Waals surface area contributed by atoms with Crippen molar-refractivity contribution in [3.63, 3.8) is 0 Å². The summed E-state index contributed by atoms with van der Waals surface area (Å²) in [6.07, 6.45) is 75.4. The van der Waals surface area contributed by atoms with Crippen LogP contribution in [0, 0.1) is 0 Å². The number of aliphatic hydroxyl groups is 1. The van der Waals surface area contributed by atoms with Gasteiger partial charge in [-0.2, -0.15) is 0 Å². The molecule has 0 heterocycles. The van der Waals surface area contributed by atoms with Gasteiger partial charge < -0.3 is 39.6 Å². The van der Waals surface area contributed by atoms with Gasteiger partial charge in [-0.3, -0.25) is 0 Å². The van der Waals surface area contributed by atoms with E-state index in [1.54, 1.807) is 0 Å². The normalized spacial score (nSPS) is 11.4. The van der Waals surface area contributed by atoms with Crippen LogP contribution < -0.4 is 34.5 Å². The molecule has 592 valence electrons. The number of ether oxygens (including phenoxy) is 4. The molecular weight excluding hydrogens is 1290 g/mol. The second-order valence-electron chi connectivity index (χ2n) is 31.3. The first-order valence-electron chi connectivity index (χ1n) is 45.0. The van der Waals surface area contributed by atoms with Gasteiger partial charge in [0.15, 0.2) is 23.0 Å². The Morgan fingerprint density at radius 2 is 0.429 bits per heavy atom. The first-order valence-corrected chi connectivity index (χ1v) is 45.0. The summed E-state index contributed by atoms with van der Waals surface area (Å²) in [6, 6.07) is 38.8. The molecule has 5 aromatic rings. The predicted octanol–water partition coefficient (Wildman–Crippen LogP) is 31.3. The van der Waals surface area contributed by atoms with E-state index < -0.39 is 0 Å². The van der Waals surface area contributed by atoms with Gasteiger partial charge in [0.1, 0.15) is 0 Å². The molecule has 0 saturated carbocycles. The van der Waals surface area contributed by atoms with Crippen LogP contribution in [0.1, 0.15) is 404 Å². The van der Waals surface area contributed by atoms with Crippen LogP contribution in [0.4, 0.5) is 28.4 Å². The van der Waals surface area contributed by atoms with Crippen LogP contribution in [0.2, 0.25) is 0 Å². The first-order chi connectivity index (χ1) is 52.0. The summed E-state index contributed by atoms with van der Waals surface area (Å²) < 4.78 is 26.2. The second kappa shape index (κ2) is 64.6. The number of nitrogens with one attached hydrogen (secondary N) is 2. The first kappa shape index (κ1) is 90.3. The van der Waals surface area contributed by atoms with Crippen LogP contribution in [0.5, 0.6) is 23.0 Å². The number of unbranched alkanes of at least 4 members (excludes halogenated alkanes) is 52. The molecule has 0 fully saturated rings. The fraction of sp³-hybridized carbons (Fsp3) is 0.691. The van der Waals surface area contributed by atoms with E-state index in [1.807, 2.05) is 12.1 Å². The van der Waals surface area contributed by atoms with Gasteiger partial charge in [-0.15, -0.1) is 0 Å². The van der Waals surface area contributed by atoms with Crippen LogP contribution >= 0.6 is 0 Å². The largest absolute Gasteiger partial charge is 0.490 e. The third kappa shape index (κ3) is 45.3. The van der Waals surface area contributed by atoms with Crippen LogP contribution in [-0.4, -0.2) is 31.5 Å². The van der Waals surface area contributed by atoms with E-state index in [0.717, 1.165) is 95.9 Å². The maximum absolute atomic E-state index is 10.0. The average molecular weight is 1450 g/mol. The molecule has 8 nitrogen and oxygen atoms in total. The van der Waals surface area contributed by atoms with Crippen molar-refractivity contribution in [2.45, 2.75) is 407 Å². The van der Waals surface area contributed by atoms with E-state index in [-0.39, 0.29) is 6.61 Å². The summed E-state index contributed by atoms with van der Waals surface area (Å²) in [5.74, 6) is 3.39. The molecule has 3 N–H and O–H groups in total. The Morgan fingerprint density at radius 3 is 0.648 bits per heavy atom. The zero-order chi connectivity index (χ0) is 74.0. The van der Waals surface area contributed by atoms with E-state index in [4.69, 9.17) is 18.9 Å². The summed E-state index contributed by atoms with van der Waals surface area (Å²) in [5, 5.41) is 17.5. The van der Waals surface area contributed by atoms with E-state index in [1.165, 1.54) is 345 Å². The van der Waals surface area contributed by atoms with E-state index in [9.17, 15) is 5.11 Å². The minimum Gasteiger partial charge on any atom is -0.490 e. The minimum atomic E-state index is 0.00844. The molecule has 5 aromatic carbocycles. The zero-order valence-electron chi connectivity index (χ0n) is 68.5. The molecule has 0 aliphatic carbocycles. The molecular formula is C97H159N3O5. The lowest BCUT2D eigenvalue weighted by molar-refractivity contribution is 0.258. The zero-order valence-corrected chi connectivity index (χ0v) is 68.5. The van der Waals surface area contributed by atoms with E-state index >= 15 is 0 Å². The molecule has 0 spiro atoms. The molecule has 0 saturated heterocycles. The highest BCUT2D eigenvalue weighted by Gasteiger charge is 2.16. The number of nitrogens with zero attached hydrogens (tertiary/aromatic N) is 1. The fourth-order valence-corrected chi connectivity index (χ4v) is 14.7. The topological polar surface area (TPSA) is 84.5 Å². The van der Waals surface area contributed by atoms with Crippen molar-refractivity contribution in [1.82, 2.24) is 0 Å². The molecule has 0 aliphatic rings. The Morgan fingerprint density at radius 1 is 0.229 bits per heavy atom. The van der Waals surface area contributed by atoms with Gasteiger partial charge in [-0.25, -0.2) is 0 Å². The Balaban J connectivity index is 1.14. The summed E-state index contributed by atoms with van der Waals surface area (Å²) in [4.78, 5) is 2.30. The molecule has 0 aromatic heterocycles. The summed E-state index contributed by atoms with van der Waals surface area (Å²) in [7, 11) is 0. The molecule has 8 heteroatoms. The van der Waals surface area contributed by atoms with Crippen LogP contribution in [0.15, 0.2) is 109 Å². The maximum atomic E-state index is 10.0. The molecule has 0 bridgehead atoms. The SMILES string of the molecule is CCCCCCCCCCCCCCCCOc1ccc(NCc2ccc(N(c3ccc(CO)cc3)c3ccc(CNc4ccc(OCCCCCCCCCCCCCCCC)c(OCCCCCCCCCCCCCCCC)c4)cc3)cc2)cc1OCCCCCCCCCCCCCCCC. The van der Waals surface area contributed by atoms with Gasteiger partial charge in [0.2, 0.25) is 0 Å². The number of benzene rings is 5. The van der Waals surface area contributed by atoms with Crippen molar-refractivity contribution in [3.8, 4) is 23.0 Å². The molecule has 5 rings (SSSR count). The third-order valence-corrected chi connectivity index (χ3v) is 21.7. The van der Waals surface area contributed by atoms with Crippen molar-refractivity contribution < 1.29 is 24.1 Å².